The number of halogens is 1. The van der Waals surface area contributed by atoms with Gasteiger partial charge in [-0.05, 0) is 24.3 Å². The van der Waals surface area contributed by atoms with Crippen LogP contribution in [0, 0.1) is 0 Å². The lowest BCUT2D eigenvalue weighted by atomic mass is 10.1. The number of rotatable bonds is 3. The molecule has 1 aliphatic heterocycles. The van der Waals surface area contributed by atoms with Crippen molar-refractivity contribution in [2.45, 2.75) is 4.90 Å². The highest BCUT2D eigenvalue weighted by Gasteiger charge is 2.34. The van der Waals surface area contributed by atoms with Gasteiger partial charge in [-0.15, -0.1) is 11.8 Å². The van der Waals surface area contributed by atoms with E-state index in [1.54, 1.807) is 30.3 Å². The third kappa shape index (κ3) is 2.21. The van der Waals surface area contributed by atoms with E-state index in [9.17, 15) is 9.59 Å². The highest BCUT2D eigenvalue weighted by atomic mass is 35.5. The molecule has 0 radical (unpaired) electrons. The quantitative estimate of drug-likeness (QED) is 0.641. The zero-order chi connectivity index (χ0) is 14.1. The van der Waals surface area contributed by atoms with E-state index in [2.05, 4.69) is 0 Å². The van der Waals surface area contributed by atoms with Crippen LogP contribution in [-0.4, -0.2) is 22.6 Å². The van der Waals surface area contributed by atoms with E-state index in [1.165, 1.54) is 16.7 Å². The molecule has 0 atom stereocenters. The van der Waals surface area contributed by atoms with Gasteiger partial charge in [0, 0.05) is 4.90 Å². The van der Waals surface area contributed by atoms with Crippen molar-refractivity contribution in [2.24, 2.45) is 0 Å². The maximum absolute atomic E-state index is 12.2. The first-order valence-corrected chi connectivity index (χ1v) is 7.37. The van der Waals surface area contributed by atoms with E-state index in [-0.39, 0.29) is 17.7 Å². The van der Waals surface area contributed by atoms with Gasteiger partial charge in [-0.1, -0.05) is 35.9 Å². The molecule has 0 saturated heterocycles. The molecule has 0 saturated carbocycles. The number of amides is 2. The number of hydrogen-bond acceptors (Lipinski definition) is 3. The van der Waals surface area contributed by atoms with Crippen LogP contribution in [0.4, 0.5) is 0 Å². The maximum atomic E-state index is 12.2. The summed E-state index contributed by atoms with van der Waals surface area (Å²) in [5.74, 6) is -0.230. The van der Waals surface area contributed by atoms with Crippen molar-refractivity contribution in [2.75, 3.05) is 5.88 Å². The van der Waals surface area contributed by atoms with Crippen molar-refractivity contribution in [3.05, 3.63) is 64.7 Å². The minimum absolute atomic E-state index is 0.245. The van der Waals surface area contributed by atoms with E-state index in [0.29, 0.717) is 16.1 Å². The molecule has 0 fully saturated rings. The molecule has 20 heavy (non-hydrogen) atoms. The van der Waals surface area contributed by atoms with Gasteiger partial charge in [0.25, 0.3) is 11.8 Å². The van der Waals surface area contributed by atoms with Crippen LogP contribution in [0.3, 0.4) is 0 Å². The van der Waals surface area contributed by atoms with Gasteiger partial charge >= 0.3 is 0 Å². The zero-order valence-electron chi connectivity index (χ0n) is 10.4. The molecule has 0 aliphatic carbocycles. The van der Waals surface area contributed by atoms with Crippen LogP contribution in [0.1, 0.15) is 20.7 Å². The van der Waals surface area contributed by atoms with Gasteiger partial charge in [-0.25, -0.2) is 0 Å². The number of carbonyl (C=O) groups is 2. The minimum atomic E-state index is -0.245. The fourth-order valence-corrected chi connectivity index (χ4v) is 3.24. The Bertz CT molecular complexity index is 667. The van der Waals surface area contributed by atoms with Gasteiger partial charge in [0.05, 0.1) is 22.0 Å². The van der Waals surface area contributed by atoms with Crippen LogP contribution in [-0.2, 0) is 0 Å². The van der Waals surface area contributed by atoms with Crippen molar-refractivity contribution < 1.29 is 9.59 Å². The minimum Gasteiger partial charge on any atom is -0.269 e. The Morgan fingerprint density at radius 2 is 1.45 bits per heavy atom. The molecule has 0 N–H and O–H groups in total. The molecule has 2 aromatic carbocycles. The predicted molar refractivity (Wildman–Crippen MR) is 79.1 cm³/mol. The Hall–Kier alpha value is -1.78. The maximum Gasteiger partial charge on any atom is 0.262 e. The van der Waals surface area contributed by atoms with Gasteiger partial charge in [-0.2, -0.15) is 0 Å². The van der Waals surface area contributed by atoms with E-state index in [1.807, 2.05) is 18.2 Å². The van der Waals surface area contributed by atoms with Crippen LogP contribution in [0.25, 0.3) is 0 Å². The van der Waals surface area contributed by atoms with Crippen LogP contribution in [0.2, 0.25) is 5.02 Å². The van der Waals surface area contributed by atoms with E-state index in [4.69, 9.17) is 11.6 Å². The molecule has 5 heteroatoms. The number of imide groups is 1. The highest BCUT2D eigenvalue weighted by molar-refractivity contribution is 7.99. The van der Waals surface area contributed by atoms with Gasteiger partial charge in [-0.3, -0.25) is 14.5 Å². The average molecular weight is 304 g/mol. The Labute approximate surface area is 125 Å². The summed E-state index contributed by atoms with van der Waals surface area (Å²) >= 11 is 7.44. The third-order valence-corrected chi connectivity index (χ3v) is 4.56. The SMILES string of the molecule is O=C1c2ccccc2C(=O)N1CSc1ccccc1Cl. The number of fused-ring (bicyclic) bond motifs is 1. The topological polar surface area (TPSA) is 37.4 Å². The Morgan fingerprint density at radius 1 is 0.900 bits per heavy atom. The third-order valence-electron chi connectivity index (χ3n) is 3.06. The molecule has 3 rings (SSSR count). The summed E-state index contributed by atoms with van der Waals surface area (Å²) in [5.41, 5.74) is 0.939. The molecule has 0 aromatic heterocycles. The standard InChI is InChI=1S/C15H10ClNO2S/c16-12-7-3-4-8-13(12)20-9-17-14(18)10-5-1-2-6-11(10)15(17)19/h1-8H,9H2. The molecule has 1 heterocycles. The molecule has 100 valence electrons. The number of nitrogens with zero attached hydrogens (tertiary/aromatic N) is 1. The first-order valence-electron chi connectivity index (χ1n) is 6.01. The molecule has 3 nitrogen and oxygen atoms in total. The van der Waals surface area contributed by atoms with Crippen LogP contribution in [0.15, 0.2) is 53.4 Å². The first kappa shape index (κ1) is 13.2. The number of thioether (sulfide) groups is 1. The van der Waals surface area contributed by atoms with E-state index < -0.39 is 0 Å². The summed E-state index contributed by atoms with van der Waals surface area (Å²) in [6.07, 6.45) is 0. The Kier molecular flexibility index (Phi) is 3.51. The van der Waals surface area contributed by atoms with Gasteiger partial charge < -0.3 is 0 Å². The van der Waals surface area contributed by atoms with Crippen LogP contribution < -0.4 is 0 Å². The molecular weight excluding hydrogens is 294 g/mol. The summed E-state index contributed by atoms with van der Waals surface area (Å²) in [7, 11) is 0. The van der Waals surface area contributed by atoms with E-state index in [0.717, 1.165) is 4.90 Å². The normalized spacial score (nSPS) is 13.8. The summed E-state index contributed by atoms with van der Waals surface area (Å²) < 4.78 is 0. The lowest BCUT2D eigenvalue weighted by molar-refractivity contribution is 0.0684. The van der Waals surface area contributed by atoms with Gasteiger partial charge in [0.15, 0.2) is 0 Å². The fraction of sp³-hybridized carbons (Fsp3) is 0.0667. The summed E-state index contributed by atoms with van der Waals surface area (Å²) in [5, 5.41) is 0.620. The second-order valence-electron chi connectivity index (χ2n) is 4.29. The van der Waals surface area contributed by atoms with Crippen molar-refractivity contribution in [1.29, 1.82) is 0 Å². The molecule has 2 aromatic rings. The average Bonchev–Trinajstić information content (AvgIpc) is 2.71. The zero-order valence-corrected chi connectivity index (χ0v) is 11.9. The predicted octanol–water partition coefficient (Wildman–Crippen LogP) is 3.69. The summed E-state index contributed by atoms with van der Waals surface area (Å²) in [6, 6.07) is 14.2. The monoisotopic (exact) mass is 303 g/mol. The molecule has 0 bridgehead atoms. The highest BCUT2D eigenvalue weighted by Crippen LogP contribution is 2.30. The van der Waals surface area contributed by atoms with E-state index >= 15 is 0 Å². The summed E-state index contributed by atoms with van der Waals surface area (Å²) in [6.45, 7) is 0. The van der Waals surface area contributed by atoms with Crippen molar-refractivity contribution in [3.63, 3.8) is 0 Å². The second-order valence-corrected chi connectivity index (χ2v) is 5.68. The molecule has 2 amide bonds. The van der Waals surface area contributed by atoms with Crippen molar-refractivity contribution in [1.82, 2.24) is 4.90 Å². The lowest BCUT2D eigenvalue weighted by Gasteiger charge is -2.13. The van der Waals surface area contributed by atoms with Crippen molar-refractivity contribution >= 4 is 35.2 Å². The number of carbonyl (C=O) groups excluding carboxylic acids is 2. The number of benzene rings is 2. The second kappa shape index (κ2) is 5.31. The van der Waals surface area contributed by atoms with Crippen LogP contribution >= 0.6 is 23.4 Å². The molecule has 1 aliphatic rings. The first-order chi connectivity index (χ1) is 9.68. The van der Waals surface area contributed by atoms with Gasteiger partial charge in [0.2, 0.25) is 0 Å². The molecule has 0 unspecified atom stereocenters. The largest absolute Gasteiger partial charge is 0.269 e. The van der Waals surface area contributed by atoms with Gasteiger partial charge in [0.1, 0.15) is 0 Å². The van der Waals surface area contributed by atoms with Crippen LogP contribution in [0.5, 0.6) is 0 Å². The fourth-order valence-electron chi connectivity index (χ4n) is 2.05. The lowest BCUT2D eigenvalue weighted by Crippen LogP contribution is -2.29. The Morgan fingerprint density at radius 3 is 2.05 bits per heavy atom. The summed E-state index contributed by atoms with van der Waals surface area (Å²) in [4.78, 5) is 26.4. The number of hydrogen-bond donors (Lipinski definition) is 0. The Balaban J connectivity index is 1.79. The van der Waals surface area contributed by atoms with Crippen molar-refractivity contribution in [3.8, 4) is 0 Å². The molecule has 0 spiro atoms. The molecular formula is C15H10ClNO2S. The smallest absolute Gasteiger partial charge is 0.262 e.